The summed E-state index contributed by atoms with van der Waals surface area (Å²) in [6.45, 7) is 8.22. The summed E-state index contributed by atoms with van der Waals surface area (Å²) in [7, 11) is 0. The van der Waals surface area contributed by atoms with Crippen LogP contribution >= 0.6 is 0 Å². The molecule has 0 radical (unpaired) electrons. The predicted octanol–water partition coefficient (Wildman–Crippen LogP) is 6.66. The minimum absolute atomic E-state index is 0.304. The summed E-state index contributed by atoms with van der Waals surface area (Å²) in [5.74, 6) is 0.632. The lowest BCUT2D eigenvalue weighted by molar-refractivity contribution is 0.124. The van der Waals surface area contributed by atoms with Gasteiger partial charge in [0.25, 0.3) is 0 Å². The van der Waals surface area contributed by atoms with E-state index in [1.54, 1.807) is 0 Å². The minimum Gasteiger partial charge on any atom is -0.472 e. The van der Waals surface area contributed by atoms with E-state index < -0.39 is 0 Å². The third-order valence-corrected chi connectivity index (χ3v) is 5.18. The third kappa shape index (κ3) is 3.35. The van der Waals surface area contributed by atoms with Gasteiger partial charge < -0.3 is 9.72 Å². The zero-order valence-corrected chi connectivity index (χ0v) is 17.7. The van der Waals surface area contributed by atoms with Gasteiger partial charge in [0.05, 0.1) is 5.69 Å². The highest BCUT2D eigenvalue weighted by molar-refractivity contribution is 5.89. The SMILES string of the molecule is Cc1ccc(-c2cc3ccc(OC(C)(C)C)nc3n2-c2ccc3[nH]ccc3c2)cc1. The van der Waals surface area contributed by atoms with Crippen molar-refractivity contribution < 1.29 is 4.74 Å². The van der Waals surface area contributed by atoms with Crippen LogP contribution in [0.25, 0.3) is 38.9 Å². The van der Waals surface area contributed by atoms with Gasteiger partial charge in [0.15, 0.2) is 0 Å². The van der Waals surface area contributed by atoms with E-state index >= 15 is 0 Å². The Hall–Kier alpha value is -3.53. The highest BCUT2D eigenvalue weighted by Crippen LogP contribution is 2.33. The first-order valence-corrected chi connectivity index (χ1v) is 10.2. The van der Waals surface area contributed by atoms with Crippen LogP contribution in [0.5, 0.6) is 5.88 Å². The summed E-state index contributed by atoms with van der Waals surface area (Å²) in [6.07, 6.45) is 1.97. The first-order chi connectivity index (χ1) is 14.4. The molecule has 0 amide bonds. The van der Waals surface area contributed by atoms with Crippen LogP contribution in [0.4, 0.5) is 0 Å². The Labute approximate surface area is 176 Å². The molecule has 0 unspecified atom stereocenters. The molecular formula is C26H25N3O. The second-order valence-electron chi connectivity index (χ2n) is 8.76. The second kappa shape index (κ2) is 6.77. The topological polar surface area (TPSA) is 42.8 Å². The van der Waals surface area contributed by atoms with Crippen molar-refractivity contribution in [2.75, 3.05) is 0 Å². The third-order valence-electron chi connectivity index (χ3n) is 5.18. The lowest BCUT2D eigenvalue weighted by Gasteiger charge is -2.20. The van der Waals surface area contributed by atoms with E-state index in [0.717, 1.165) is 33.5 Å². The number of rotatable bonds is 3. The van der Waals surface area contributed by atoms with Crippen molar-refractivity contribution in [1.82, 2.24) is 14.5 Å². The van der Waals surface area contributed by atoms with Crippen LogP contribution in [-0.2, 0) is 0 Å². The summed E-state index contributed by atoms with van der Waals surface area (Å²) in [5, 5.41) is 2.26. The maximum absolute atomic E-state index is 6.06. The zero-order chi connectivity index (χ0) is 20.9. The molecule has 0 bridgehead atoms. The normalized spacial score (nSPS) is 12.0. The fraction of sp³-hybridized carbons (Fsp3) is 0.192. The maximum Gasteiger partial charge on any atom is 0.215 e. The van der Waals surface area contributed by atoms with Gasteiger partial charge in [0, 0.05) is 34.2 Å². The Balaban J connectivity index is 1.77. The number of nitrogens with one attached hydrogen (secondary N) is 1. The quantitative estimate of drug-likeness (QED) is 0.371. The van der Waals surface area contributed by atoms with E-state index in [9.17, 15) is 0 Å². The molecule has 4 heteroatoms. The molecule has 3 aromatic heterocycles. The molecular weight excluding hydrogens is 370 g/mol. The molecule has 0 aliphatic rings. The van der Waals surface area contributed by atoms with Crippen molar-refractivity contribution in [2.45, 2.75) is 33.3 Å². The number of H-pyrrole nitrogens is 1. The van der Waals surface area contributed by atoms with Crippen LogP contribution in [0.2, 0.25) is 0 Å². The molecule has 0 spiro atoms. The molecule has 0 aliphatic carbocycles. The fourth-order valence-electron chi connectivity index (χ4n) is 3.81. The number of aromatic nitrogens is 3. The highest BCUT2D eigenvalue weighted by Gasteiger charge is 2.17. The van der Waals surface area contributed by atoms with E-state index in [2.05, 4.69) is 77.1 Å². The summed E-state index contributed by atoms with van der Waals surface area (Å²) in [4.78, 5) is 8.17. The average Bonchev–Trinajstić information content (AvgIpc) is 3.30. The van der Waals surface area contributed by atoms with Crippen LogP contribution in [0.3, 0.4) is 0 Å². The molecule has 150 valence electrons. The molecule has 0 atom stereocenters. The number of fused-ring (bicyclic) bond motifs is 2. The molecule has 1 N–H and O–H groups in total. The van der Waals surface area contributed by atoms with E-state index in [1.165, 1.54) is 10.9 Å². The van der Waals surface area contributed by atoms with Gasteiger partial charge in [-0.2, -0.15) is 4.98 Å². The molecule has 4 nitrogen and oxygen atoms in total. The van der Waals surface area contributed by atoms with Gasteiger partial charge in [0.2, 0.25) is 5.88 Å². The van der Waals surface area contributed by atoms with Gasteiger partial charge in [0.1, 0.15) is 11.2 Å². The molecule has 0 saturated carbocycles. The van der Waals surface area contributed by atoms with Crippen LogP contribution in [0, 0.1) is 6.92 Å². The van der Waals surface area contributed by atoms with Crippen LogP contribution < -0.4 is 4.74 Å². The Bertz CT molecular complexity index is 1350. The number of aryl methyl sites for hydroxylation is 1. The zero-order valence-electron chi connectivity index (χ0n) is 17.7. The first kappa shape index (κ1) is 18.5. The Morgan fingerprint density at radius 1 is 0.867 bits per heavy atom. The number of nitrogens with zero attached hydrogens (tertiary/aromatic N) is 2. The predicted molar refractivity (Wildman–Crippen MR) is 123 cm³/mol. The second-order valence-corrected chi connectivity index (χ2v) is 8.76. The average molecular weight is 396 g/mol. The van der Waals surface area contributed by atoms with E-state index in [1.807, 2.05) is 33.0 Å². The van der Waals surface area contributed by atoms with Crippen molar-refractivity contribution in [1.29, 1.82) is 0 Å². The van der Waals surface area contributed by atoms with Crippen molar-refractivity contribution >= 4 is 21.9 Å². The molecule has 30 heavy (non-hydrogen) atoms. The number of pyridine rings is 1. The molecule has 0 saturated heterocycles. The summed E-state index contributed by atoms with van der Waals surface area (Å²) in [6, 6.07) is 23.4. The van der Waals surface area contributed by atoms with Gasteiger partial charge >= 0.3 is 0 Å². The van der Waals surface area contributed by atoms with Gasteiger partial charge in [-0.1, -0.05) is 29.8 Å². The monoisotopic (exact) mass is 395 g/mol. The van der Waals surface area contributed by atoms with Crippen molar-refractivity contribution in [2.24, 2.45) is 0 Å². The van der Waals surface area contributed by atoms with Crippen molar-refractivity contribution in [3.63, 3.8) is 0 Å². The van der Waals surface area contributed by atoms with Crippen LogP contribution in [-0.4, -0.2) is 20.1 Å². The highest BCUT2D eigenvalue weighted by atomic mass is 16.5. The summed E-state index contributed by atoms with van der Waals surface area (Å²) < 4.78 is 8.28. The smallest absolute Gasteiger partial charge is 0.215 e. The van der Waals surface area contributed by atoms with Gasteiger partial charge in [-0.3, -0.25) is 4.57 Å². The number of hydrogen-bond donors (Lipinski definition) is 1. The van der Waals surface area contributed by atoms with Crippen LogP contribution in [0.1, 0.15) is 26.3 Å². The standard InChI is InChI=1S/C26H25N3O/c1-17-5-7-18(8-6-17)23-16-20-9-12-24(30-26(2,3)4)28-25(20)29(23)21-10-11-22-19(15-21)13-14-27-22/h5-16,27H,1-4H3. The van der Waals surface area contributed by atoms with E-state index in [0.29, 0.717) is 5.88 Å². The van der Waals surface area contributed by atoms with E-state index in [-0.39, 0.29) is 5.60 Å². The maximum atomic E-state index is 6.06. The molecule has 0 aliphatic heterocycles. The minimum atomic E-state index is -0.304. The number of aromatic amines is 1. The number of hydrogen-bond acceptors (Lipinski definition) is 2. The fourth-order valence-corrected chi connectivity index (χ4v) is 3.81. The Morgan fingerprint density at radius 2 is 1.67 bits per heavy atom. The lowest BCUT2D eigenvalue weighted by Crippen LogP contribution is -2.23. The molecule has 2 aromatic carbocycles. The molecule has 3 heterocycles. The van der Waals surface area contributed by atoms with Gasteiger partial charge in [-0.15, -0.1) is 0 Å². The van der Waals surface area contributed by atoms with Crippen LogP contribution in [0.15, 0.2) is 72.9 Å². The van der Waals surface area contributed by atoms with Gasteiger partial charge in [-0.05, 0) is 69.7 Å². The Kier molecular flexibility index (Phi) is 4.17. The van der Waals surface area contributed by atoms with E-state index in [4.69, 9.17) is 9.72 Å². The molecule has 5 rings (SSSR count). The van der Waals surface area contributed by atoms with Gasteiger partial charge in [-0.25, -0.2) is 0 Å². The Morgan fingerprint density at radius 3 is 2.43 bits per heavy atom. The largest absolute Gasteiger partial charge is 0.472 e. The summed E-state index contributed by atoms with van der Waals surface area (Å²) >= 11 is 0. The van der Waals surface area contributed by atoms with Crippen molar-refractivity contribution in [3.8, 4) is 22.8 Å². The number of benzene rings is 2. The van der Waals surface area contributed by atoms with Crippen molar-refractivity contribution in [3.05, 3.63) is 78.5 Å². The summed E-state index contributed by atoms with van der Waals surface area (Å²) in [5.41, 5.74) is 6.30. The molecule has 5 aromatic rings. The lowest BCUT2D eigenvalue weighted by atomic mass is 10.1. The number of ether oxygens (including phenoxy) is 1. The molecule has 0 fully saturated rings. The first-order valence-electron chi connectivity index (χ1n) is 10.2.